The van der Waals surface area contributed by atoms with Crippen LogP contribution in [-0.4, -0.2) is 21.6 Å². The molecule has 1 aliphatic rings. The molecule has 7 heteroatoms. The third-order valence-electron chi connectivity index (χ3n) is 4.60. The van der Waals surface area contributed by atoms with Crippen LogP contribution in [0, 0.1) is 5.82 Å². The van der Waals surface area contributed by atoms with Gasteiger partial charge >= 0.3 is 5.97 Å². The second-order valence-corrected chi connectivity index (χ2v) is 6.75. The minimum absolute atomic E-state index is 0.0469. The number of carbonyl (C=O) groups is 2. The molecule has 1 aliphatic heterocycles. The molecule has 0 saturated carbocycles. The van der Waals surface area contributed by atoms with E-state index >= 15 is 0 Å². The molecule has 3 aromatic rings. The van der Waals surface area contributed by atoms with Crippen molar-refractivity contribution in [2.75, 3.05) is 5.32 Å². The molecule has 2 aromatic carbocycles. The van der Waals surface area contributed by atoms with Gasteiger partial charge in [-0.25, -0.2) is 9.18 Å². The zero-order valence-electron chi connectivity index (χ0n) is 13.9. The van der Waals surface area contributed by atoms with E-state index in [4.69, 9.17) is 11.6 Å². The normalized spacial score (nSPS) is 15.9. The van der Waals surface area contributed by atoms with Crippen molar-refractivity contribution in [3.63, 3.8) is 0 Å². The average Bonchev–Trinajstić information content (AvgIpc) is 3.00. The van der Waals surface area contributed by atoms with Gasteiger partial charge in [0.15, 0.2) is 0 Å². The van der Waals surface area contributed by atoms with Crippen molar-refractivity contribution in [2.45, 2.75) is 12.3 Å². The minimum atomic E-state index is -1.17. The van der Waals surface area contributed by atoms with Crippen LogP contribution in [-0.2, 0) is 4.79 Å². The Hall–Kier alpha value is -3.12. The van der Waals surface area contributed by atoms with Crippen molar-refractivity contribution in [3.05, 3.63) is 82.4 Å². The number of nitrogens with one attached hydrogen (secondary N) is 1. The van der Waals surface area contributed by atoms with E-state index in [-0.39, 0.29) is 23.6 Å². The number of anilines is 1. The molecule has 0 aliphatic carbocycles. The Morgan fingerprint density at radius 1 is 1.22 bits per heavy atom. The predicted octanol–water partition coefficient (Wildman–Crippen LogP) is 4.44. The summed E-state index contributed by atoms with van der Waals surface area (Å²) in [5.41, 5.74) is 2.02. The molecular formula is C20H14ClFN2O3. The lowest BCUT2D eigenvalue weighted by Gasteiger charge is -2.26. The lowest BCUT2D eigenvalue weighted by molar-refractivity contribution is -0.116. The van der Waals surface area contributed by atoms with Gasteiger partial charge in [0.25, 0.3) is 0 Å². The summed E-state index contributed by atoms with van der Waals surface area (Å²) >= 11 is 6.11. The number of carboxylic acid groups (broad SMARTS) is 1. The third-order valence-corrected chi connectivity index (χ3v) is 4.83. The summed E-state index contributed by atoms with van der Waals surface area (Å²) in [4.78, 5) is 24.0. The number of aromatic nitrogens is 1. The van der Waals surface area contributed by atoms with Gasteiger partial charge in [0.1, 0.15) is 11.4 Å². The van der Waals surface area contributed by atoms with E-state index in [0.29, 0.717) is 16.4 Å². The zero-order chi connectivity index (χ0) is 19.1. The van der Waals surface area contributed by atoms with E-state index in [1.165, 1.54) is 18.3 Å². The summed E-state index contributed by atoms with van der Waals surface area (Å²) in [5.74, 6) is -2.31. The molecule has 0 fully saturated rings. The molecule has 2 N–H and O–H groups in total. The van der Waals surface area contributed by atoms with Crippen LogP contribution < -0.4 is 5.32 Å². The molecular weight excluding hydrogens is 371 g/mol. The molecule has 1 atom stereocenters. The fourth-order valence-corrected chi connectivity index (χ4v) is 3.67. The fraction of sp³-hybridized carbons (Fsp3) is 0.100. The number of rotatable bonds is 3. The van der Waals surface area contributed by atoms with Crippen LogP contribution in [0.15, 0.2) is 54.7 Å². The molecule has 0 unspecified atom stereocenters. The van der Waals surface area contributed by atoms with Gasteiger partial charge in [-0.2, -0.15) is 0 Å². The van der Waals surface area contributed by atoms with Gasteiger partial charge in [-0.05, 0) is 35.9 Å². The first-order chi connectivity index (χ1) is 12.9. The lowest BCUT2D eigenvalue weighted by atomic mass is 9.88. The Bertz CT molecular complexity index is 1080. The fourth-order valence-electron chi connectivity index (χ4n) is 3.47. The number of hydrogen-bond donors (Lipinski definition) is 2. The van der Waals surface area contributed by atoms with Crippen LogP contribution in [0.1, 0.15) is 34.0 Å². The van der Waals surface area contributed by atoms with E-state index in [1.54, 1.807) is 34.9 Å². The summed E-state index contributed by atoms with van der Waals surface area (Å²) in [7, 11) is 0. The number of carboxylic acids is 1. The number of fused-ring (bicyclic) bond motifs is 1. The maximum Gasteiger partial charge on any atom is 0.339 e. The number of halogens is 2. The standard InChI is InChI=1S/C20H14ClFN2O3/c21-12-4-1-3-11(7-12)15-9-17(25)23-18-16(20(26)27)10-24(19(15)18)14-6-2-5-13(22)8-14/h1-8,10,15H,9H2,(H,23,25)(H,26,27)/t15-/m1/s1. The van der Waals surface area contributed by atoms with Crippen molar-refractivity contribution >= 4 is 29.2 Å². The van der Waals surface area contributed by atoms with Crippen molar-refractivity contribution in [1.82, 2.24) is 4.57 Å². The Labute approximate surface area is 159 Å². The second kappa shape index (κ2) is 6.55. The summed E-state index contributed by atoms with van der Waals surface area (Å²) in [6.07, 6.45) is 1.54. The Morgan fingerprint density at radius 3 is 2.70 bits per heavy atom. The topological polar surface area (TPSA) is 71.3 Å². The number of nitrogens with zero attached hydrogens (tertiary/aromatic N) is 1. The maximum atomic E-state index is 13.8. The highest BCUT2D eigenvalue weighted by Gasteiger charge is 2.34. The molecule has 0 saturated heterocycles. The van der Waals surface area contributed by atoms with Gasteiger partial charge in [-0.1, -0.05) is 29.8 Å². The van der Waals surface area contributed by atoms with Gasteiger partial charge in [0.05, 0.1) is 11.4 Å². The second-order valence-electron chi connectivity index (χ2n) is 6.32. The smallest absolute Gasteiger partial charge is 0.339 e. The van der Waals surface area contributed by atoms with Crippen molar-refractivity contribution in [1.29, 1.82) is 0 Å². The van der Waals surface area contributed by atoms with Gasteiger partial charge in [-0.15, -0.1) is 0 Å². The summed E-state index contributed by atoms with van der Waals surface area (Å²) in [6, 6.07) is 12.9. The van der Waals surface area contributed by atoms with Gasteiger partial charge in [0, 0.05) is 29.2 Å². The van der Waals surface area contributed by atoms with Crippen LogP contribution in [0.5, 0.6) is 0 Å². The zero-order valence-corrected chi connectivity index (χ0v) is 14.7. The third kappa shape index (κ3) is 3.08. The van der Waals surface area contributed by atoms with Crippen molar-refractivity contribution in [2.24, 2.45) is 0 Å². The quantitative estimate of drug-likeness (QED) is 0.701. The highest BCUT2D eigenvalue weighted by Crippen LogP contribution is 2.42. The Balaban J connectivity index is 1.99. The first-order valence-electron chi connectivity index (χ1n) is 8.24. The number of aromatic carboxylic acids is 1. The van der Waals surface area contributed by atoms with Gasteiger partial charge in [-0.3, -0.25) is 4.79 Å². The molecule has 1 aromatic heterocycles. The summed E-state index contributed by atoms with van der Waals surface area (Å²) in [6.45, 7) is 0. The van der Waals surface area contributed by atoms with E-state index < -0.39 is 17.7 Å². The number of amides is 1. The first kappa shape index (κ1) is 17.3. The first-order valence-corrected chi connectivity index (χ1v) is 8.61. The molecule has 0 bridgehead atoms. The summed E-state index contributed by atoms with van der Waals surface area (Å²) in [5, 5.41) is 12.8. The molecule has 2 heterocycles. The van der Waals surface area contributed by atoms with Crippen LogP contribution in [0.25, 0.3) is 5.69 Å². The number of carbonyl (C=O) groups excluding carboxylic acids is 1. The Kier molecular flexibility index (Phi) is 4.20. The molecule has 5 nitrogen and oxygen atoms in total. The van der Waals surface area contributed by atoms with E-state index in [2.05, 4.69) is 5.32 Å². The monoisotopic (exact) mass is 384 g/mol. The van der Waals surface area contributed by atoms with Gasteiger partial charge < -0.3 is 15.0 Å². The molecule has 0 radical (unpaired) electrons. The Morgan fingerprint density at radius 2 is 2.00 bits per heavy atom. The van der Waals surface area contributed by atoms with Crippen molar-refractivity contribution < 1.29 is 19.1 Å². The largest absolute Gasteiger partial charge is 0.478 e. The molecule has 136 valence electrons. The number of hydrogen-bond acceptors (Lipinski definition) is 2. The SMILES string of the molecule is O=C1C[C@H](c2cccc(Cl)c2)c2c(c(C(=O)O)cn2-c2cccc(F)c2)N1. The lowest BCUT2D eigenvalue weighted by Crippen LogP contribution is -2.25. The minimum Gasteiger partial charge on any atom is -0.478 e. The molecule has 27 heavy (non-hydrogen) atoms. The van der Waals surface area contributed by atoms with E-state index in [1.807, 2.05) is 6.07 Å². The molecule has 0 spiro atoms. The molecule has 4 rings (SSSR count). The predicted molar refractivity (Wildman–Crippen MR) is 99.2 cm³/mol. The highest BCUT2D eigenvalue weighted by molar-refractivity contribution is 6.30. The summed E-state index contributed by atoms with van der Waals surface area (Å²) < 4.78 is 15.4. The van der Waals surface area contributed by atoms with Crippen LogP contribution in [0.2, 0.25) is 5.02 Å². The number of benzene rings is 2. The van der Waals surface area contributed by atoms with E-state index in [9.17, 15) is 19.1 Å². The van der Waals surface area contributed by atoms with Crippen LogP contribution in [0.3, 0.4) is 0 Å². The van der Waals surface area contributed by atoms with E-state index in [0.717, 1.165) is 5.56 Å². The van der Waals surface area contributed by atoms with Crippen LogP contribution >= 0.6 is 11.6 Å². The average molecular weight is 385 g/mol. The molecule has 1 amide bonds. The maximum absolute atomic E-state index is 13.8. The van der Waals surface area contributed by atoms with Gasteiger partial charge in [0.2, 0.25) is 5.91 Å². The van der Waals surface area contributed by atoms with Crippen LogP contribution in [0.4, 0.5) is 10.1 Å². The highest BCUT2D eigenvalue weighted by atomic mass is 35.5. The van der Waals surface area contributed by atoms with Crippen molar-refractivity contribution in [3.8, 4) is 5.69 Å².